The molecular formula is C29H27N5O6. The van der Waals surface area contributed by atoms with Gasteiger partial charge >= 0.3 is 17.8 Å². The highest BCUT2D eigenvalue weighted by Gasteiger charge is 2.21. The van der Waals surface area contributed by atoms with Crippen LogP contribution in [0, 0.1) is 13.8 Å². The zero-order chi connectivity index (χ0) is 28.8. The van der Waals surface area contributed by atoms with E-state index in [0.717, 1.165) is 5.56 Å². The number of benzene rings is 3. The fourth-order valence-corrected chi connectivity index (χ4v) is 3.88. The van der Waals surface area contributed by atoms with Crippen molar-refractivity contribution >= 4 is 29.7 Å². The normalized spacial score (nSPS) is 10.8. The van der Waals surface area contributed by atoms with Gasteiger partial charge in [-0.25, -0.2) is 14.9 Å². The Labute approximate surface area is 229 Å². The van der Waals surface area contributed by atoms with E-state index in [1.165, 1.54) is 24.1 Å². The molecule has 11 heteroatoms. The summed E-state index contributed by atoms with van der Waals surface area (Å²) >= 11 is 0. The van der Waals surface area contributed by atoms with Crippen LogP contribution in [0.1, 0.15) is 27.2 Å². The van der Waals surface area contributed by atoms with Gasteiger partial charge in [-0.2, -0.15) is 5.10 Å². The molecule has 4 aromatic rings. The Bertz CT molecular complexity index is 1670. The molecule has 1 aromatic heterocycles. The van der Waals surface area contributed by atoms with Gasteiger partial charge in [-0.15, -0.1) is 0 Å². The Kier molecular flexibility index (Phi) is 8.24. The van der Waals surface area contributed by atoms with E-state index in [0.29, 0.717) is 22.5 Å². The number of amides is 2. The molecule has 0 atom stereocenters. The standard InChI is InChI=1S/C29H27N5O6/c1-18-9-8-10-21(15-18)29(38)40-23-14-13-20(16-24(23)39-4)17-30-32-27(36)26(35)31-25-19(2)33(3)34(28(25)37)22-11-6-5-7-12-22/h5-17H,1-4H3,(H,31,35)(H,32,36)/b30-17+. The number of nitrogens with one attached hydrogen (secondary N) is 2. The molecule has 0 aliphatic heterocycles. The van der Waals surface area contributed by atoms with Gasteiger partial charge in [0.2, 0.25) is 0 Å². The SMILES string of the molecule is COc1cc(/C=N/NC(=O)C(=O)Nc2c(C)n(C)n(-c3ccccc3)c2=O)ccc1OC(=O)c1cccc(C)c1. The highest BCUT2D eigenvalue weighted by atomic mass is 16.6. The number of aryl methyl sites for hydroxylation is 1. The van der Waals surface area contributed by atoms with Gasteiger partial charge in [-0.05, 0) is 61.9 Å². The highest BCUT2D eigenvalue weighted by Crippen LogP contribution is 2.28. The third-order valence-corrected chi connectivity index (χ3v) is 6.02. The number of nitrogens with zero attached hydrogens (tertiary/aromatic N) is 3. The fourth-order valence-electron chi connectivity index (χ4n) is 3.88. The number of aromatic nitrogens is 2. The van der Waals surface area contributed by atoms with Crippen LogP contribution in [0.3, 0.4) is 0 Å². The smallest absolute Gasteiger partial charge is 0.343 e. The van der Waals surface area contributed by atoms with Gasteiger partial charge in [0.05, 0.1) is 30.3 Å². The zero-order valence-corrected chi connectivity index (χ0v) is 22.3. The first-order valence-electron chi connectivity index (χ1n) is 12.1. The van der Waals surface area contributed by atoms with E-state index in [1.807, 2.05) is 19.1 Å². The van der Waals surface area contributed by atoms with Crippen LogP contribution < -0.4 is 25.8 Å². The van der Waals surface area contributed by atoms with E-state index in [4.69, 9.17) is 9.47 Å². The zero-order valence-electron chi connectivity index (χ0n) is 22.3. The van der Waals surface area contributed by atoms with E-state index in [-0.39, 0.29) is 17.2 Å². The van der Waals surface area contributed by atoms with Crippen LogP contribution in [0.25, 0.3) is 5.69 Å². The largest absolute Gasteiger partial charge is 0.493 e. The molecule has 4 rings (SSSR count). The second kappa shape index (κ2) is 11.9. The van der Waals surface area contributed by atoms with Crippen molar-refractivity contribution in [2.24, 2.45) is 12.1 Å². The summed E-state index contributed by atoms with van der Waals surface area (Å²) in [4.78, 5) is 50.2. The van der Waals surface area contributed by atoms with Gasteiger partial charge in [-0.3, -0.25) is 19.1 Å². The van der Waals surface area contributed by atoms with Crippen molar-refractivity contribution in [1.29, 1.82) is 0 Å². The predicted octanol–water partition coefficient (Wildman–Crippen LogP) is 3.11. The van der Waals surface area contributed by atoms with E-state index in [2.05, 4.69) is 15.8 Å². The molecule has 0 aliphatic carbocycles. The van der Waals surface area contributed by atoms with Crippen molar-refractivity contribution < 1.29 is 23.9 Å². The third kappa shape index (κ3) is 5.99. The van der Waals surface area contributed by atoms with Gasteiger partial charge in [0.1, 0.15) is 5.69 Å². The summed E-state index contributed by atoms with van der Waals surface area (Å²) in [5.41, 5.74) is 4.53. The number of methoxy groups -OCH3 is 1. The third-order valence-electron chi connectivity index (χ3n) is 6.02. The van der Waals surface area contributed by atoms with Crippen molar-refractivity contribution in [2.45, 2.75) is 13.8 Å². The van der Waals surface area contributed by atoms with Crippen LogP contribution in [0.4, 0.5) is 5.69 Å². The monoisotopic (exact) mass is 541 g/mol. The first-order chi connectivity index (χ1) is 19.2. The van der Waals surface area contributed by atoms with E-state index < -0.39 is 23.3 Å². The van der Waals surface area contributed by atoms with E-state index >= 15 is 0 Å². The van der Waals surface area contributed by atoms with Gasteiger partial charge < -0.3 is 14.8 Å². The molecule has 11 nitrogen and oxygen atoms in total. The molecule has 204 valence electrons. The van der Waals surface area contributed by atoms with Crippen molar-refractivity contribution in [3.8, 4) is 17.2 Å². The number of hydrazone groups is 1. The lowest BCUT2D eigenvalue weighted by Crippen LogP contribution is -2.34. The highest BCUT2D eigenvalue weighted by molar-refractivity contribution is 6.39. The van der Waals surface area contributed by atoms with Gasteiger partial charge in [0.25, 0.3) is 5.56 Å². The molecule has 2 N–H and O–H groups in total. The maximum absolute atomic E-state index is 12.9. The first-order valence-corrected chi connectivity index (χ1v) is 12.1. The van der Waals surface area contributed by atoms with Crippen molar-refractivity contribution in [3.63, 3.8) is 0 Å². The molecule has 0 unspecified atom stereocenters. The summed E-state index contributed by atoms with van der Waals surface area (Å²) in [6.45, 7) is 3.53. The molecular weight excluding hydrogens is 514 g/mol. The summed E-state index contributed by atoms with van der Waals surface area (Å²) in [5, 5.41) is 6.18. The van der Waals surface area contributed by atoms with Crippen LogP contribution in [0.5, 0.6) is 11.5 Å². The number of carbonyl (C=O) groups is 3. The maximum Gasteiger partial charge on any atom is 0.343 e. The lowest BCUT2D eigenvalue weighted by molar-refractivity contribution is -0.136. The van der Waals surface area contributed by atoms with Crippen LogP contribution in [-0.4, -0.2) is 40.5 Å². The van der Waals surface area contributed by atoms with Gasteiger partial charge in [0, 0.05) is 7.05 Å². The number of hydrogen-bond donors (Lipinski definition) is 2. The number of esters is 1. The van der Waals surface area contributed by atoms with E-state index in [1.54, 1.807) is 73.3 Å². The molecule has 40 heavy (non-hydrogen) atoms. The van der Waals surface area contributed by atoms with Crippen molar-refractivity contribution in [3.05, 3.63) is 106 Å². The number of ether oxygens (including phenoxy) is 2. The molecule has 0 spiro atoms. The average molecular weight is 542 g/mol. The minimum atomic E-state index is -1.07. The molecule has 0 bridgehead atoms. The number of para-hydroxylation sites is 1. The number of carbonyl (C=O) groups excluding carboxylic acids is 3. The minimum absolute atomic E-state index is 0.0176. The second-order valence-corrected chi connectivity index (χ2v) is 8.76. The van der Waals surface area contributed by atoms with Crippen LogP contribution in [0.2, 0.25) is 0 Å². The summed E-state index contributed by atoms with van der Waals surface area (Å²) in [5.74, 6) is -2.19. The molecule has 0 aliphatic rings. The Balaban J connectivity index is 1.41. The average Bonchev–Trinajstić information content (AvgIpc) is 3.16. The summed E-state index contributed by atoms with van der Waals surface area (Å²) < 4.78 is 13.7. The lowest BCUT2D eigenvalue weighted by Gasteiger charge is -2.10. The quantitative estimate of drug-likeness (QED) is 0.121. The lowest BCUT2D eigenvalue weighted by atomic mass is 10.1. The Morgan fingerprint density at radius 3 is 2.35 bits per heavy atom. The van der Waals surface area contributed by atoms with Crippen molar-refractivity contribution in [1.82, 2.24) is 14.8 Å². The summed E-state index contributed by atoms with van der Waals surface area (Å²) in [6.07, 6.45) is 1.29. The minimum Gasteiger partial charge on any atom is -0.493 e. The topological polar surface area (TPSA) is 133 Å². The number of rotatable bonds is 7. The maximum atomic E-state index is 12.9. The van der Waals surface area contributed by atoms with Gasteiger partial charge in [0.15, 0.2) is 11.5 Å². The molecule has 0 saturated carbocycles. The fraction of sp³-hybridized carbons (Fsp3) is 0.138. The van der Waals surface area contributed by atoms with Crippen molar-refractivity contribution in [2.75, 3.05) is 12.4 Å². The first kappa shape index (κ1) is 27.6. The van der Waals surface area contributed by atoms with Crippen LogP contribution >= 0.6 is 0 Å². The Hall–Kier alpha value is -5.45. The predicted molar refractivity (Wildman–Crippen MR) is 149 cm³/mol. The molecule has 0 radical (unpaired) electrons. The number of hydrogen-bond acceptors (Lipinski definition) is 7. The molecule has 0 saturated heterocycles. The van der Waals surface area contributed by atoms with Crippen LogP contribution in [-0.2, 0) is 16.6 Å². The second-order valence-electron chi connectivity index (χ2n) is 8.76. The Morgan fingerprint density at radius 1 is 0.900 bits per heavy atom. The summed E-state index contributed by atoms with van der Waals surface area (Å²) in [6, 6.07) is 20.6. The van der Waals surface area contributed by atoms with Crippen LogP contribution in [0.15, 0.2) is 82.7 Å². The Morgan fingerprint density at radius 2 is 1.65 bits per heavy atom. The molecule has 1 heterocycles. The molecule has 3 aromatic carbocycles. The molecule has 0 fully saturated rings. The van der Waals surface area contributed by atoms with E-state index in [9.17, 15) is 19.2 Å². The van der Waals surface area contributed by atoms with Gasteiger partial charge in [-0.1, -0.05) is 35.9 Å². The number of anilines is 1. The molecule has 2 amide bonds. The summed E-state index contributed by atoms with van der Waals surface area (Å²) in [7, 11) is 3.09.